The lowest BCUT2D eigenvalue weighted by Crippen LogP contribution is -2.36. The largest absolute Gasteiger partial charge is 0.393 e. The van der Waals surface area contributed by atoms with Crippen molar-refractivity contribution in [3.63, 3.8) is 0 Å². The van der Waals surface area contributed by atoms with Crippen molar-refractivity contribution in [3.05, 3.63) is 35.5 Å². The van der Waals surface area contributed by atoms with Gasteiger partial charge in [-0.05, 0) is 98.4 Å². The summed E-state index contributed by atoms with van der Waals surface area (Å²) in [6, 6.07) is 0. The Bertz CT molecular complexity index is 653. The second-order valence-corrected chi connectivity index (χ2v) is 11.5. The van der Waals surface area contributed by atoms with Gasteiger partial charge in [0.1, 0.15) is 0 Å². The Hall–Kier alpha value is -0.820. The molecule has 3 aliphatic carbocycles. The zero-order chi connectivity index (χ0) is 21.9. The van der Waals surface area contributed by atoms with E-state index in [2.05, 4.69) is 53.3 Å². The number of aliphatic hydroxyl groups excluding tert-OH is 1. The average Bonchev–Trinajstić information content (AvgIpc) is 3.06. The summed E-state index contributed by atoms with van der Waals surface area (Å²) in [6.45, 7) is 16.6. The second-order valence-electron chi connectivity index (χ2n) is 11.5. The van der Waals surface area contributed by atoms with Gasteiger partial charge in [-0.25, -0.2) is 0 Å². The minimum Gasteiger partial charge on any atom is -0.393 e. The van der Waals surface area contributed by atoms with Gasteiger partial charge in [0.25, 0.3) is 0 Å². The highest BCUT2D eigenvalue weighted by Gasteiger charge is 2.50. The van der Waals surface area contributed by atoms with E-state index in [1.807, 2.05) is 0 Å². The van der Waals surface area contributed by atoms with Crippen LogP contribution in [0.4, 0.5) is 0 Å². The van der Waals surface area contributed by atoms with E-state index in [1.54, 1.807) is 5.57 Å². The highest BCUT2D eigenvalue weighted by Crippen LogP contribution is 2.60. The maximum Gasteiger partial charge on any atom is 0.0583 e. The molecule has 0 aromatic rings. The van der Waals surface area contributed by atoms with Crippen LogP contribution in [-0.2, 0) is 0 Å². The van der Waals surface area contributed by atoms with E-state index in [4.69, 9.17) is 0 Å². The Balaban J connectivity index is 1.69. The lowest BCUT2D eigenvalue weighted by atomic mass is 9.60. The van der Waals surface area contributed by atoms with E-state index in [1.165, 1.54) is 62.5 Å². The van der Waals surface area contributed by atoms with E-state index in [9.17, 15) is 5.11 Å². The van der Waals surface area contributed by atoms with Crippen molar-refractivity contribution in [3.8, 4) is 0 Å². The molecule has 0 aromatic heterocycles. The number of hydrogen-bond acceptors (Lipinski definition) is 1. The maximum atomic E-state index is 10.1. The highest BCUT2D eigenvalue weighted by molar-refractivity contribution is 5.36. The van der Waals surface area contributed by atoms with Crippen molar-refractivity contribution in [2.75, 3.05) is 0 Å². The summed E-state index contributed by atoms with van der Waals surface area (Å²) < 4.78 is 0. The van der Waals surface area contributed by atoms with Gasteiger partial charge in [0.05, 0.1) is 6.10 Å². The van der Waals surface area contributed by atoms with Crippen LogP contribution in [0.25, 0.3) is 0 Å². The molecular weight excluding hydrogens is 364 g/mol. The van der Waals surface area contributed by atoms with E-state index >= 15 is 0 Å². The molecule has 1 N–H and O–H groups in total. The molecule has 0 amide bonds. The SMILES string of the molecule is C=C1CC[C@H](O)C/C1=C/C=C1CCC[C@@]2(C)C1CC[C@@H]2[C@H](C)CC[C@H](CC)C(C)C. The van der Waals surface area contributed by atoms with Crippen molar-refractivity contribution in [1.82, 2.24) is 0 Å². The molecule has 3 rings (SSSR count). The van der Waals surface area contributed by atoms with Gasteiger partial charge in [0, 0.05) is 0 Å². The average molecular weight is 413 g/mol. The Morgan fingerprint density at radius 3 is 2.57 bits per heavy atom. The number of rotatable bonds is 7. The van der Waals surface area contributed by atoms with Crippen molar-refractivity contribution in [2.24, 2.45) is 35.0 Å². The van der Waals surface area contributed by atoms with Crippen LogP contribution in [0.1, 0.15) is 105 Å². The third-order valence-electron chi connectivity index (χ3n) is 9.37. The van der Waals surface area contributed by atoms with Crippen LogP contribution in [0.3, 0.4) is 0 Å². The number of allylic oxidation sites excluding steroid dienone is 4. The fraction of sp³-hybridized carbons (Fsp3) is 0.793. The fourth-order valence-corrected chi connectivity index (χ4v) is 7.30. The molecule has 0 aromatic carbocycles. The summed E-state index contributed by atoms with van der Waals surface area (Å²) in [6.07, 6.45) is 18.2. The summed E-state index contributed by atoms with van der Waals surface area (Å²) in [5.41, 5.74) is 4.71. The van der Waals surface area contributed by atoms with Gasteiger partial charge in [-0.15, -0.1) is 0 Å². The molecule has 1 heteroatoms. The molecule has 30 heavy (non-hydrogen) atoms. The van der Waals surface area contributed by atoms with Crippen LogP contribution in [0, 0.1) is 35.0 Å². The first kappa shape index (κ1) is 23.8. The fourth-order valence-electron chi connectivity index (χ4n) is 7.30. The standard InChI is InChI=1S/C29H48O/c1-7-23(20(2)3)12-10-22(5)27-16-17-28-24(9-8-18-29(27,28)6)13-14-25-19-26(30)15-11-21(25)4/h13-14,20,22-23,26-28,30H,4,7-12,15-19H2,1-3,5-6H3/b24-13?,25-14-/t22-,23+,26+,27-,28?,29-/m1/s1. The van der Waals surface area contributed by atoms with Crippen molar-refractivity contribution in [1.29, 1.82) is 0 Å². The van der Waals surface area contributed by atoms with Gasteiger partial charge in [0.15, 0.2) is 0 Å². The predicted molar refractivity (Wildman–Crippen MR) is 130 cm³/mol. The quantitative estimate of drug-likeness (QED) is 0.446. The zero-order valence-electron chi connectivity index (χ0n) is 20.6. The first-order chi connectivity index (χ1) is 14.3. The van der Waals surface area contributed by atoms with Crippen molar-refractivity contribution >= 4 is 0 Å². The summed E-state index contributed by atoms with van der Waals surface area (Å²) in [5, 5.41) is 10.1. The molecule has 1 unspecified atom stereocenters. The van der Waals surface area contributed by atoms with Crippen molar-refractivity contribution in [2.45, 2.75) is 111 Å². The monoisotopic (exact) mass is 412 g/mol. The predicted octanol–water partition coefficient (Wildman–Crippen LogP) is 8.26. The molecule has 0 spiro atoms. The van der Waals surface area contributed by atoms with E-state index in [-0.39, 0.29) is 6.10 Å². The highest BCUT2D eigenvalue weighted by atomic mass is 16.3. The summed E-state index contributed by atoms with van der Waals surface area (Å²) in [4.78, 5) is 0. The minimum absolute atomic E-state index is 0.175. The Kier molecular flexibility index (Phi) is 8.10. The lowest BCUT2D eigenvalue weighted by molar-refractivity contribution is 0.0900. The van der Waals surface area contributed by atoms with Gasteiger partial charge in [-0.3, -0.25) is 0 Å². The van der Waals surface area contributed by atoms with E-state index < -0.39 is 0 Å². The molecule has 3 fully saturated rings. The molecule has 0 heterocycles. The molecule has 3 aliphatic rings. The maximum absolute atomic E-state index is 10.1. The lowest BCUT2D eigenvalue weighted by Gasteiger charge is -2.44. The normalized spacial score (nSPS) is 37.0. The topological polar surface area (TPSA) is 20.2 Å². The molecule has 1 nitrogen and oxygen atoms in total. The molecule has 170 valence electrons. The number of hydrogen-bond donors (Lipinski definition) is 1. The second kappa shape index (κ2) is 10.2. The van der Waals surface area contributed by atoms with E-state index in [0.717, 1.165) is 48.9 Å². The zero-order valence-corrected chi connectivity index (χ0v) is 20.6. The summed E-state index contributed by atoms with van der Waals surface area (Å²) in [5.74, 6) is 4.21. The van der Waals surface area contributed by atoms with Gasteiger partial charge >= 0.3 is 0 Å². The summed E-state index contributed by atoms with van der Waals surface area (Å²) >= 11 is 0. The third-order valence-corrected chi connectivity index (χ3v) is 9.37. The van der Waals surface area contributed by atoms with Crippen molar-refractivity contribution < 1.29 is 5.11 Å². The van der Waals surface area contributed by atoms with E-state index in [0.29, 0.717) is 5.41 Å². The van der Waals surface area contributed by atoms with Gasteiger partial charge in [-0.1, -0.05) is 77.3 Å². The number of aliphatic hydroxyl groups is 1. The molecule has 0 bridgehead atoms. The van der Waals surface area contributed by atoms with Crippen LogP contribution in [-0.4, -0.2) is 11.2 Å². The van der Waals surface area contributed by atoms with Gasteiger partial charge in [0.2, 0.25) is 0 Å². The van der Waals surface area contributed by atoms with Crippen LogP contribution >= 0.6 is 0 Å². The third kappa shape index (κ3) is 5.14. The van der Waals surface area contributed by atoms with Crippen LogP contribution in [0.15, 0.2) is 35.5 Å². The molecule has 0 radical (unpaired) electrons. The first-order valence-corrected chi connectivity index (χ1v) is 13.0. The van der Waals surface area contributed by atoms with Crippen LogP contribution in [0.5, 0.6) is 0 Å². The molecular formula is C29H48O. The number of fused-ring (bicyclic) bond motifs is 1. The minimum atomic E-state index is -0.175. The Labute approximate surface area is 187 Å². The molecule has 0 aliphatic heterocycles. The molecule has 6 atom stereocenters. The van der Waals surface area contributed by atoms with Crippen LogP contribution in [0.2, 0.25) is 0 Å². The van der Waals surface area contributed by atoms with Gasteiger partial charge in [-0.2, -0.15) is 0 Å². The smallest absolute Gasteiger partial charge is 0.0583 e. The first-order valence-electron chi connectivity index (χ1n) is 13.0. The Morgan fingerprint density at radius 2 is 1.87 bits per heavy atom. The molecule has 0 saturated heterocycles. The Morgan fingerprint density at radius 1 is 1.10 bits per heavy atom. The summed E-state index contributed by atoms with van der Waals surface area (Å²) in [7, 11) is 0. The molecule has 3 saturated carbocycles. The van der Waals surface area contributed by atoms with Gasteiger partial charge < -0.3 is 5.11 Å². The van der Waals surface area contributed by atoms with Crippen LogP contribution < -0.4 is 0 Å².